The first-order valence-corrected chi connectivity index (χ1v) is 3.74. The monoisotopic (exact) mass is 177 g/mol. The van der Waals surface area contributed by atoms with Gasteiger partial charge in [0.2, 0.25) is 0 Å². The summed E-state index contributed by atoms with van der Waals surface area (Å²) < 4.78 is 9.31. The average molecular weight is 177 g/mol. The van der Waals surface area contributed by atoms with E-state index in [4.69, 9.17) is 15.6 Å². The zero-order chi connectivity index (χ0) is 9.40. The third kappa shape index (κ3) is 5.06. The first-order chi connectivity index (χ1) is 5.72. The van der Waals surface area contributed by atoms with E-state index in [1.165, 1.54) is 7.11 Å². The fourth-order valence-electron chi connectivity index (χ4n) is 0.646. The van der Waals surface area contributed by atoms with Gasteiger partial charge in [0.1, 0.15) is 6.04 Å². The maximum atomic E-state index is 10.7. The number of nitrogens with two attached hydrogens (primary N) is 1. The van der Waals surface area contributed by atoms with Gasteiger partial charge in [0.05, 0.1) is 20.3 Å². The highest BCUT2D eigenvalue weighted by molar-refractivity contribution is 5.75. The number of esters is 1. The molecule has 1 atom stereocenters. The van der Waals surface area contributed by atoms with Crippen LogP contribution in [-0.2, 0) is 14.3 Å². The normalized spacial score (nSPS) is 12.6. The number of carbonyl (C=O) groups excluding carboxylic acids is 1. The van der Waals surface area contributed by atoms with Gasteiger partial charge in [-0.1, -0.05) is 0 Å². The Balaban J connectivity index is 3.31. The van der Waals surface area contributed by atoms with E-state index < -0.39 is 12.0 Å². The Morgan fingerprint density at radius 3 is 2.75 bits per heavy atom. The Labute approximate surface area is 71.5 Å². The number of hydrogen-bond acceptors (Lipinski definition) is 5. The summed E-state index contributed by atoms with van der Waals surface area (Å²) in [6, 6.07) is -0.631. The molecule has 0 spiro atoms. The zero-order valence-electron chi connectivity index (χ0n) is 7.16. The quantitative estimate of drug-likeness (QED) is 0.397. The minimum atomic E-state index is -0.631. The van der Waals surface area contributed by atoms with Crippen molar-refractivity contribution in [2.45, 2.75) is 12.5 Å². The van der Waals surface area contributed by atoms with Gasteiger partial charge in [-0.3, -0.25) is 4.79 Å². The molecule has 0 heterocycles. The molecular weight excluding hydrogens is 162 g/mol. The summed E-state index contributed by atoms with van der Waals surface area (Å²) in [5.41, 5.74) is 5.39. The van der Waals surface area contributed by atoms with Gasteiger partial charge in [-0.25, -0.2) is 0 Å². The number of carbonyl (C=O) groups is 1. The van der Waals surface area contributed by atoms with Crippen molar-refractivity contribution in [2.24, 2.45) is 5.73 Å². The second-order valence-electron chi connectivity index (χ2n) is 2.25. The highest BCUT2D eigenvalue weighted by atomic mass is 16.5. The molecule has 0 aliphatic carbocycles. The minimum absolute atomic E-state index is 0.0204. The van der Waals surface area contributed by atoms with E-state index in [1.807, 2.05) is 0 Å². The molecule has 0 bridgehead atoms. The van der Waals surface area contributed by atoms with E-state index in [9.17, 15) is 4.79 Å². The van der Waals surface area contributed by atoms with Gasteiger partial charge in [-0.2, -0.15) is 0 Å². The lowest BCUT2D eigenvalue weighted by molar-refractivity contribution is -0.142. The number of aliphatic hydroxyl groups is 1. The molecular formula is C7H15NO4. The summed E-state index contributed by atoms with van der Waals surface area (Å²) in [6.07, 6.45) is 0.409. The molecule has 0 aromatic rings. The third-order valence-electron chi connectivity index (χ3n) is 1.31. The molecule has 0 saturated heterocycles. The molecule has 12 heavy (non-hydrogen) atoms. The largest absolute Gasteiger partial charge is 0.468 e. The van der Waals surface area contributed by atoms with Crippen molar-refractivity contribution in [1.29, 1.82) is 0 Å². The van der Waals surface area contributed by atoms with Gasteiger partial charge in [0, 0.05) is 6.61 Å². The van der Waals surface area contributed by atoms with Gasteiger partial charge < -0.3 is 20.3 Å². The maximum absolute atomic E-state index is 10.7. The Morgan fingerprint density at radius 2 is 2.25 bits per heavy atom. The van der Waals surface area contributed by atoms with Crippen LogP contribution in [0.15, 0.2) is 0 Å². The SMILES string of the molecule is COC(=O)C(N)CCOCCO. The smallest absolute Gasteiger partial charge is 0.322 e. The van der Waals surface area contributed by atoms with Crippen LogP contribution in [0.25, 0.3) is 0 Å². The molecule has 0 aromatic carbocycles. The number of aliphatic hydroxyl groups excluding tert-OH is 1. The molecule has 0 aromatic heterocycles. The maximum Gasteiger partial charge on any atom is 0.322 e. The van der Waals surface area contributed by atoms with Crippen molar-refractivity contribution < 1.29 is 19.4 Å². The molecule has 1 unspecified atom stereocenters. The van der Waals surface area contributed by atoms with Gasteiger partial charge in [0.15, 0.2) is 0 Å². The predicted octanol–water partition coefficient (Wildman–Crippen LogP) is -1.11. The standard InChI is InChI=1S/C7H15NO4/c1-11-7(10)6(8)2-4-12-5-3-9/h6,9H,2-5,8H2,1H3. The summed E-state index contributed by atoms with van der Waals surface area (Å²) in [4.78, 5) is 10.7. The Hall–Kier alpha value is -0.650. The van der Waals surface area contributed by atoms with E-state index in [0.717, 1.165) is 0 Å². The van der Waals surface area contributed by atoms with Crippen molar-refractivity contribution in [3.63, 3.8) is 0 Å². The zero-order valence-corrected chi connectivity index (χ0v) is 7.16. The van der Waals surface area contributed by atoms with Crippen LogP contribution >= 0.6 is 0 Å². The Kier molecular flexibility index (Phi) is 6.64. The molecule has 0 aliphatic rings. The van der Waals surface area contributed by atoms with Gasteiger partial charge >= 0.3 is 5.97 Å². The first kappa shape index (κ1) is 11.4. The fraction of sp³-hybridized carbons (Fsp3) is 0.857. The lowest BCUT2D eigenvalue weighted by Gasteiger charge is -2.08. The number of hydrogen-bond donors (Lipinski definition) is 2. The number of rotatable bonds is 6. The lowest BCUT2D eigenvalue weighted by atomic mass is 10.2. The molecule has 0 aliphatic heterocycles. The van der Waals surface area contributed by atoms with Gasteiger partial charge in [-0.05, 0) is 6.42 Å². The van der Waals surface area contributed by atoms with Crippen molar-refractivity contribution in [3.8, 4) is 0 Å². The van der Waals surface area contributed by atoms with Crippen molar-refractivity contribution in [1.82, 2.24) is 0 Å². The highest BCUT2D eigenvalue weighted by Gasteiger charge is 2.12. The van der Waals surface area contributed by atoms with Crippen LogP contribution in [0.3, 0.4) is 0 Å². The van der Waals surface area contributed by atoms with Crippen LogP contribution in [-0.4, -0.2) is 44.0 Å². The molecule has 72 valence electrons. The molecule has 0 rings (SSSR count). The van der Waals surface area contributed by atoms with E-state index >= 15 is 0 Å². The van der Waals surface area contributed by atoms with E-state index in [2.05, 4.69) is 4.74 Å². The summed E-state index contributed by atoms with van der Waals surface area (Å²) in [5.74, 6) is -0.442. The van der Waals surface area contributed by atoms with Crippen LogP contribution in [0, 0.1) is 0 Å². The Bertz CT molecular complexity index is 129. The second-order valence-corrected chi connectivity index (χ2v) is 2.25. The van der Waals surface area contributed by atoms with Crippen molar-refractivity contribution >= 4 is 5.97 Å². The summed E-state index contributed by atoms with van der Waals surface area (Å²) >= 11 is 0. The first-order valence-electron chi connectivity index (χ1n) is 3.74. The van der Waals surface area contributed by atoms with Gasteiger partial charge in [0.25, 0.3) is 0 Å². The third-order valence-corrected chi connectivity index (χ3v) is 1.31. The Morgan fingerprint density at radius 1 is 1.58 bits per heavy atom. The van der Waals surface area contributed by atoms with Crippen LogP contribution < -0.4 is 5.73 Å². The highest BCUT2D eigenvalue weighted by Crippen LogP contribution is 1.91. The van der Waals surface area contributed by atoms with Crippen LogP contribution in [0.1, 0.15) is 6.42 Å². The molecule has 0 radical (unpaired) electrons. The molecule has 5 heteroatoms. The number of ether oxygens (including phenoxy) is 2. The summed E-state index contributed by atoms with van der Waals surface area (Å²) in [7, 11) is 1.29. The average Bonchev–Trinajstić information content (AvgIpc) is 2.10. The van der Waals surface area contributed by atoms with Crippen LogP contribution in [0.4, 0.5) is 0 Å². The minimum Gasteiger partial charge on any atom is -0.468 e. The van der Waals surface area contributed by atoms with E-state index in [1.54, 1.807) is 0 Å². The van der Waals surface area contributed by atoms with Crippen molar-refractivity contribution in [3.05, 3.63) is 0 Å². The fourth-order valence-corrected chi connectivity index (χ4v) is 0.646. The number of methoxy groups -OCH3 is 1. The molecule has 3 N–H and O–H groups in total. The van der Waals surface area contributed by atoms with Gasteiger partial charge in [-0.15, -0.1) is 0 Å². The van der Waals surface area contributed by atoms with E-state index in [-0.39, 0.29) is 13.2 Å². The topological polar surface area (TPSA) is 81.8 Å². The van der Waals surface area contributed by atoms with Crippen LogP contribution in [0.2, 0.25) is 0 Å². The second kappa shape index (κ2) is 7.02. The van der Waals surface area contributed by atoms with E-state index in [0.29, 0.717) is 13.0 Å². The van der Waals surface area contributed by atoms with Crippen molar-refractivity contribution in [2.75, 3.05) is 26.9 Å². The van der Waals surface area contributed by atoms with Crippen LogP contribution in [0.5, 0.6) is 0 Å². The summed E-state index contributed by atoms with van der Waals surface area (Å²) in [6.45, 7) is 0.609. The predicted molar refractivity (Wildman–Crippen MR) is 42.5 cm³/mol. The molecule has 0 amide bonds. The molecule has 5 nitrogen and oxygen atoms in total. The summed E-state index contributed by atoms with van der Waals surface area (Å²) in [5, 5.41) is 8.34. The molecule has 0 saturated carbocycles. The lowest BCUT2D eigenvalue weighted by Crippen LogP contribution is -2.32. The molecule has 0 fully saturated rings.